The number of anilines is 1. The summed E-state index contributed by atoms with van der Waals surface area (Å²) in [7, 11) is 3.94. The predicted octanol–water partition coefficient (Wildman–Crippen LogP) is 1.55. The van der Waals surface area contributed by atoms with Crippen LogP contribution >= 0.6 is 0 Å². The van der Waals surface area contributed by atoms with E-state index in [0.717, 1.165) is 18.3 Å². The van der Waals surface area contributed by atoms with Gasteiger partial charge in [-0.2, -0.15) is 0 Å². The van der Waals surface area contributed by atoms with Crippen LogP contribution in [0.5, 0.6) is 0 Å². The first-order chi connectivity index (χ1) is 8.72. The Labute approximate surface area is 108 Å². The molecule has 1 fully saturated rings. The molecule has 0 aliphatic heterocycles. The zero-order valence-corrected chi connectivity index (χ0v) is 11.1. The summed E-state index contributed by atoms with van der Waals surface area (Å²) in [4.78, 5) is 14.3. The van der Waals surface area contributed by atoms with Gasteiger partial charge in [-0.15, -0.1) is 0 Å². The normalized spacial score (nSPS) is 14.6. The first kappa shape index (κ1) is 12.9. The fourth-order valence-corrected chi connectivity index (χ4v) is 2.04. The van der Waals surface area contributed by atoms with Crippen LogP contribution in [0.4, 0.5) is 5.69 Å². The summed E-state index contributed by atoms with van der Waals surface area (Å²) < 4.78 is 0. The van der Waals surface area contributed by atoms with Crippen LogP contribution in [0.25, 0.3) is 0 Å². The van der Waals surface area contributed by atoms with E-state index in [1.165, 1.54) is 12.8 Å². The number of rotatable bonds is 6. The second-order valence-electron chi connectivity index (χ2n) is 4.76. The van der Waals surface area contributed by atoms with Crippen molar-refractivity contribution in [3.63, 3.8) is 0 Å². The Bertz CT molecular complexity index is 415. The van der Waals surface area contributed by atoms with Crippen LogP contribution < -0.4 is 10.6 Å². The van der Waals surface area contributed by atoms with Gasteiger partial charge in [-0.1, -0.05) is 12.1 Å². The zero-order valence-electron chi connectivity index (χ0n) is 11.1. The number of para-hydroxylation sites is 1. The van der Waals surface area contributed by atoms with E-state index in [2.05, 4.69) is 22.6 Å². The number of carbonyl (C=O) groups excluding carboxylic acids is 1. The van der Waals surface area contributed by atoms with Gasteiger partial charge in [0.15, 0.2) is 0 Å². The lowest BCUT2D eigenvalue weighted by Crippen LogP contribution is -2.34. The van der Waals surface area contributed by atoms with Gasteiger partial charge in [0.05, 0.1) is 5.56 Å². The maximum absolute atomic E-state index is 12.0. The van der Waals surface area contributed by atoms with Gasteiger partial charge < -0.3 is 15.5 Å². The van der Waals surface area contributed by atoms with E-state index < -0.39 is 0 Å². The molecule has 1 aromatic carbocycles. The maximum Gasteiger partial charge on any atom is 0.253 e. The summed E-state index contributed by atoms with van der Waals surface area (Å²) in [6.45, 7) is 1.61. The van der Waals surface area contributed by atoms with E-state index in [9.17, 15) is 4.79 Å². The average Bonchev–Trinajstić information content (AvgIpc) is 3.22. The first-order valence-electron chi connectivity index (χ1n) is 6.47. The lowest BCUT2D eigenvalue weighted by atomic mass is 10.1. The Morgan fingerprint density at radius 1 is 1.39 bits per heavy atom. The minimum atomic E-state index is -0.0100. The molecule has 2 rings (SSSR count). The summed E-state index contributed by atoms with van der Waals surface area (Å²) in [5, 5.41) is 6.00. The zero-order chi connectivity index (χ0) is 13.0. The van der Waals surface area contributed by atoms with E-state index in [-0.39, 0.29) is 5.91 Å². The second kappa shape index (κ2) is 5.87. The van der Waals surface area contributed by atoms with Crippen molar-refractivity contribution in [2.75, 3.05) is 32.5 Å². The fraction of sp³-hybridized carbons (Fsp3) is 0.500. The minimum Gasteiger partial charge on any atom is -0.387 e. The van der Waals surface area contributed by atoms with Gasteiger partial charge in [-0.05, 0) is 32.0 Å². The van der Waals surface area contributed by atoms with E-state index in [1.54, 1.807) is 0 Å². The van der Waals surface area contributed by atoms with Crippen molar-refractivity contribution >= 4 is 11.6 Å². The van der Waals surface area contributed by atoms with E-state index in [4.69, 9.17) is 0 Å². The molecule has 0 radical (unpaired) electrons. The Kier molecular flexibility index (Phi) is 4.20. The quantitative estimate of drug-likeness (QED) is 0.801. The molecule has 0 heterocycles. The molecule has 2 N–H and O–H groups in total. The topological polar surface area (TPSA) is 44.4 Å². The number of amides is 1. The summed E-state index contributed by atoms with van der Waals surface area (Å²) >= 11 is 0. The predicted molar refractivity (Wildman–Crippen MR) is 74.0 cm³/mol. The SMILES string of the molecule is CNc1ccccc1C(=O)NCCN(C)C1CC1. The molecule has 1 aliphatic rings. The van der Waals surface area contributed by atoms with Crippen molar-refractivity contribution in [3.8, 4) is 0 Å². The Hall–Kier alpha value is -1.55. The highest BCUT2D eigenvalue weighted by Crippen LogP contribution is 2.24. The lowest BCUT2D eigenvalue weighted by molar-refractivity contribution is 0.0950. The number of nitrogens with one attached hydrogen (secondary N) is 2. The van der Waals surface area contributed by atoms with E-state index >= 15 is 0 Å². The molecule has 18 heavy (non-hydrogen) atoms. The van der Waals surface area contributed by atoms with Gasteiger partial charge in [-0.25, -0.2) is 0 Å². The molecule has 1 aromatic rings. The van der Waals surface area contributed by atoms with Crippen LogP contribution in [0.3, 0.4) is 0 Å². The number of nitrogens with zero attached hydrogens (tertiary/aromatic N) is 1. The molecule has 0 bridgehead atoms. The van der Waals surface area contributed by atoms with Gasteiger partial charge in [0.1, 0.15) is 0 Å². The minimum absolute atomic E-state index is 0.0100. The van der Waals surface area contributed by atoms with Gasteiger partial charge in [0, 0.05) is 31.9 Å². The molecule has 0 spiro atoms. The third-order valence-electron chi connectivity index (χ3n) is 3.36. The number of hydrogen-bond acceptors (Lipinski definition) is 3. The standard InChI is InChI=1S/C14H21N3O/c1-15-13-6-4-3-5-12(13)14(18)16-9-10-17(2)11-7-8-11/h3-6,11,15H,7-10H2,1-2H3,(H,16,18). The van der Waals surface area contributed by atoms with Crippen molar-refractivity contribution < 1.29 is 4.79 Å². The molecule has 4 heteroatoms. The summed E-state index contributed by atoms with van der Waals surface area (Å²) in [5.41, 5.74) is 1.57. The van der Waals surface area contributed by atoms with Gasteiger partial charge >= 0.3 is 0 Å². The average molecular weight is 247 g/mol. The summed E-state index contributed by atoms with van der Waals surface area (Å²) in [6.07, 6.45) is 2.60. The molecule has 0 atom stereocenters. The van der Waals surface area contributed by atoms with Crippen LogP contribution in [0, 0.1) is 0 Å². The van der Waals surface area contributed by atoms with Crippen LogP contribution in [0.2, 0.25) is 0 Å². The van der Waals surface area contributed by atoms with Gasteiger partial charge in [0.25, 0.3) is 5.91 Å². The van der Waals surface area contributed by atoms with Crippen LogP contribution in [0.15, 0.2) is 24.3 Å². The molecule has 1 amide bonds. The van der Waals surface area contributed by atoms with Crippen LogP contribution in [-0.4, -0.2) is 44.0 Å². The van der Waals surface area contributed by atoms with Gasteiger partial charge in [0.2, 0.25) is 0 Å². The summed E-state index contributed by atoms with van der Waals surface area (Å²) in [5.74, 6) is -0.0100. The van der Waals surface area contributed by atoms with Crippen molar-refractivity contribution in [3.05, 3.63) is 29.8 Å². The van der Waals surface area contributed by atoms with Crippen molar-refractivity contribution in [1.29, 1.82) is 0 Å². The second-order valence-corrected chi connectivity index (χ2v) is 4.76. The fourth-order valence-electron chi connectivity index (χ4n) is 2.04. The van der Waals surface area contributed by atoms with Crippen molar-refractivity contribution in [1.82, 2.24) is 10.2 Å². The Morgan fingerprint density at radius 2 is 2.11 bits per heavy atom. The number of likely N-dealkylation sites (N-methyl/N-ethyl adjacent to an activating group) is 1. The molecule has 0 unspecified atom stereocenters. The molecule has 0 saturated heterocycles. The van der Waals surface area contributed by atoms with Crippen LogP contribution in [-0.2, 0) is 0 Å². The molecular formula is C14H21N3O. The monoisotopic (exact) mass is 247 g/mol. The Morgan fingerprint density at radius 3 is 2.78 bits per heavy atom. The van der Waals surface area contributed by atoms with Crippen LogP contribution in [0.1, 0.15) is 23.2 Å². The van der Waals surface area contributed by atoms with Crippen molar-refractivity contribution in [2.45, 2.75) is 18.9 Å². The smallest absolute Gasteiger partial charge is 0.253 e. The number of carbonyl (C=O) groups is 1. The largest absolute Gasteiger partial charge is 0.387 e. The third-order valence-corrected chi connectivity index (χ3v) is 3.36. The highest BCUT2D eigenvalue weighted by Gasteiger charge is 2.25. The maximum atomic E-state index is 12.0. The molecule has 0 aromatic heterocycles. The molecule has 1 aliphatic carbocycles. The van der Waals surface area contributed by atoms with Gasteiger partial charge in [-0.3, -0.25) is 4.79 Å². The number of hydrogen-bond donors (Lipinski definition) is 2. The molecular weight excluding hydrogens is 226 g/mol. The van der Waals surface area contributed by atoms with Crippen molar-refractivity contribution in [2.24, 2.45) is 0 Å². The number of benzene rings is 1. The third kappa shape index (κ3) is 3.23. The highest BCUT2D eigenvalue weighted by molar-refractivity contribution is 5.99. The molecule has 4 nitrogen and oxygen atoms in total. The highest BCUT2D eigenvalue weighted by atomic mass is 16.1. The van der Waals surface area contributed by atoms with E-state index in [1.807, 2.05) is 31.3 Å². The first-order valence-corrected chi connectivity index (χ1v) is 6.47. The molecule has 1 saturated carbocycles. The molecule has 98 valence electrons. The lowest BCUT2D eigenvalue weighted by Gasteiger charge is -2.16. The van der Waals surface area contributed by atoms with E-state index in [0.29, 0.717) is 12.1 Å². The summed E-state index contributed by atoms with van der Waals surface area (Å²) in [6, 6.07) is 8.29. The Balaban J connectivity index is 1.83.